The van der Waals surface area contributed by atoms with Gasteiger partial charge in [-0.15, -0.1) is 6.58 Å². The monoisotopic (exact) mass is 415 g/mol. The van der Waals surface area contributed by atoms with E-state index in [2.05, 4.69) is 29.4 Å². The van der Waals surface area contributed by atoms with Crippen molar-refractivity contribution in [3.63, 3.8) is 0 Å². The second-order valence-electron chi connectivity index (χ2n) is 7.02. The highest BCUT2D eigenvalue weighted by Gasteiger charge is 2.40. The molecule has 0 aliphatic carbocycles. The van der Waals surface area contributed by atoms with Crippen LogP contribution in [0.3, 0.4) is 0 Å². The van der Waals surface area contributed by atoms with E-state index in [0.29, 0.717) is 19.4 Å². The van der Waals surface area contributed by atoms with E-state index in [1.807, 2.05) is 35.2 Å². The molecule has 4 heteroatoms. The van der Waals surface area contributed by atoms with Gasteiger partial charge in [-0.3, -0.25) is 4.79 Å². The maximum Gasteiger partial charge on any atom is 0.223 e. The SMILES string of the molecule is C=CCC1(c2ccc(F)cc2)CCN([C@@H](C)c2ccc(Br)cc2)C(=O)C1. The van der Waals surface area contributed by atoms with Crippen LogP contribution in [0.2, 0.25) is 0 Å². The normalized spacial score (nSPS) is 21.5. The van der Waals surface area contributed by atoms with Crippen molar-refractivity contribution in [3.8, 4) is 0 Å². The second kappa shape index (κ2) is 7.75. The van der Waals surface area contributed by atoms with Crippen molar-refractivity contribution in [2.75, 3.05) is 6.54 Å². The molecular formula is C22H23BrFNO. The van der Waals surface area contributed by atoms with E-state index in [1.165, 1.54) is 12.1 Å². The number of carbonyl (C=O) groups is 1. The predicted molar refractivity (Wildman–Crippen MR) is 106 cm³/mol. The van der Waals surface area contributed by atoms with E-state index in [0.717, 1.165) is 22.0 Å². The first-order valence-electron chi connectivity index (χ1n) is 8.87. The van der Waals surface area contributed by atoms with Crippen LogP contribution in [0.1, 0.15) is 43.4 Å². The number of nitrogens with zero attached hydrogens (tertiary/aromatic N) is 1. The Bertz CT molecular complexity index is 787. The minimum absolute atomic E-state index is 0.0329. The van der Waals surface area contributed by atoms with Gasteiger partial charge in [-0.05, 0) is 55.2 Å². The van der Waals surface area contributed by atoms with E-state index >= 15 is 0 Å². The van der Waals surface area contributed by atoms with Crippen LogP contribution in [-0.4, -0.2) is 17.4 Å². The number of amides is 1. The van der Waals surface area contributed by atoms with E-state index in [1.54, 1.807) is 12.1 Å². The summed E-state index contributed by atoms with van der Waals surface area (Å²) in [5.74, 6) is -0.118. The number of likely N-dealkylation sites (tertiary alicyclic amines) is 1. The van der Waals surface area contributed by atoms with Gasteiger partial charge in [0, 0.05) is 22.9 Å². The number of allylic oxidation sites excluding steroid dienone is 1. The molecule has 1 aliphatic rings. The van der Waals surface area contributed by atoms with Crippen LogP contribution < -0.4 is 0 Å². The van der Waals surface area contributed by atoms with Gasteiger partial charge in [0.25, 0.3) is 0 Å². The summed E-state index contributed by atoms with van der Waals surface area (Å²) in [5, 5.41) is 0. The highest BCUT2D eigenvalue weighted by molar-refractivity contribution is 9.10. The topological polar surface area (TPSA) is 20.3 Å². The molecule has 1 amide bonds. The summed E-state index contributed by atoms with van der Waals surface area (Å²) in [6, 6.07) is 14.7. The fraction of sp³-hybridized carbons (Fsp3) is 0.318. The van der Waals surface area contributed by atoms with Crippen LogP contribution in [0.5, 0.6) is 0 Å². The van der Waals surface area contributed by atoms with Gasteiger partial charge < -0.3 is 4.90 Å². The quantitative estimate of drug-likeness (QED) is 0.566. The molecule has 3 rings (SSSR count). The Hall–Kier alpha value is -1.94. The van der Waals surface area contributed by atoms with Gasteiger partial charge in [0.2, 0.25) is 5.91 Å². The van der Waals surface area contributed by atoms with Crippen LogP contribution in [0.4, 0.5) is 4.39 Å². The molecule has 1 saturated heterocycles. The number of benzene rings is 2. The number of piperidine rings is 1. The lowest BCUT2D eigenvalue weighted by molar-refractivity contribution is -0.138. The van der Waals surface area contributed by atoms with Crippen LogP contribution in [-0.2, 0) is 10.2 Å². The third-order valence-corrected chi connectivity index (χ3v) is 5.98. The third kappa shape index (κ3) is 3.75. The molecule has 2 aromatic carbocycles. The van der Waals surface area contributed by atoms with Crippen LogP contribution in [0.15, 0.2) is 65.7 Å². The van der Waals surface area contributed by atoms with Gasteiger partial charge in [0.1, 0.15) is 5.82 Å². The molecule has 0 radical (unpaired) electrons. The molecule has 2 aromatic rings. The van der Waals surface area contributed by atoms with Crippen molar-refractivity contribution >= 4 is 21.8 Å². The van der Waals surface area contributed by atoms with E-state index in [9.17, 15) is 9.18 Å². The van der Waals surface area contributed by atoms with Crippen molar-refractivity contribution in [2.45, 2.75) is 37.6 Å². The lowest BCUT2D eigenvalue weighted by Crippen LogP contribution is -2.47. The summed E-state index contributed by atoms with van der Waals surface area (Å²) in [7, 11) is 0. The first-order chi connectivity index (χ1) is 12.4. The molecule has 2 atom stereocenters. The first-order valence-corrected chi connectivity index (χ1v) is 9.66. The molecule has 0 spiro atoms. The Kier molecular flexibility index (Phi) is 5.61. The number of carbonyl (C=O) groups excluding carboxylic acids is 1. The van der Waals surface area contributed by atoms with Crippen molar-refractivity contribution in [2.24, 2.45) is 0 Å². The maximum atomic E-state index is 13.3. The molecule has 26 heavy (non-hydrogen) atoms. The molecule has 0 saturated carbocycles. The highest BCUT2D eigenvalue weighted by Crippen LogP contribution is 2.41. The molecule has 1 heterocycles. The lowest BCUT2D eigenvalue weighted by Gasteiger charge is -2.43. The summed E-state index contributed by atoms with van der Waals surface area (Å²) in [4.78, 5) is 15.0. The zero-order valence-electron chi connectivity index (χ0n) is 14.9. The fourth-order valence-electron chi connectivity index (χ4n) is 3.89. The molecule has 1 aliphatic heterocycles. The molecule has 0 bridgehead atoms. The summed E-state index contributed by atoms with van der Waals surface area (Å²) in [5.41, 5.74) is 1.85. The molecule has 2 nitrogen and oxygen atoms in total. The number of halogens is 2. The van der Waals surface area contributed by atoms with Crippen molar-refractivity contribution in [1.82, 2.24) is 4.90 Å². The van der Waals surface area contributed by atoms with Gasteiger partial charge in [-0.1, -0.05) is 46.3 Å². The molecule has 1 fully saturated rings. The Morgan fingerprint density at radius 1 is 1.23 bits per heavy atom. The van der Waals surface area contributed by atoms with Crippen LogP contribution in [0.25, 0.3) is 0 Å². The largest absolute Gasteiger partial charge is 0.336 e. The lowest BCUT2D eigenvalue weighted by atomic mass is 9.70. The molecular weight excluding hydrogens is 393 g/mol. The Balaban J connectivity index is 1.83. The average molecular weight is 416 g/mol. The van der Waals surface area contributed by atoms with Crippen molar-refractivity contribution < 1.29 is 9.18 Å². The number of hydrogen-bond acceptors (Lipinski definition) is 1. The summed E-state index contributed by atoms with van der Waals surface area (Å²) in [6.07, 6.45) is 3.85. The molecule has 136 valence electrons. The van der Waals surface area contributed by atoms with E-state index in [-0.39, 0.29) is 23.2 Å². The van der Waals surface area contributed by atoms with Gasteiger partial charge in [0.15, 0.2) is 0 Å². The zero-order valence-corrected chi connectivity index (χ0v) is 16.5. The van der Waals surface area contributed by atoms with Gasteiger partial charge in [-0.25, -0.2) is 4.39 Å². The maximum absolute atomic E-state index is 13.3. The smallest absolute Gasteiger partial charge is 0.223 e. The van der Waals surface area contributed by atoms with E-state index in [4.69, 9.17) is 0 Å². The zero-order chi connectivity index (χ0) is 18.7. The average Bonchev–Trinajstić information content (AvgIpc) is 2.63. The van der Waals surface area contributed by atoms with Crippen LogP contribution in [0, 0.1) is 5.82 Å². The first kappa shape index (κ1) is 18.8. The fourth-order valence-corrected chi connectivity index (χ4v) is 4.15. The summed E-state index contributed by atoms with van der Waals surface area (Å²) >= 11 is 3.45. The number of rotatable bonds is 5. The van der Waals surface area contributed by atoms with E-state index < -0.39 is 0 Å². The predicted octanol–water partition coefficient (Wildman–Crippen LogP) is 5.79. The molecule has 0 N–H and O–H groups in total. The minimum Gasteiger partial charge on any atom is -0.336 e. The molecule has 1 unspecified atom stereocenters. The summed E-state index contributed by atoms with van der Waals surface area (Å²) < 4.78 is 14.4. The third-order valence-electron chi connectivity index (χ3n) is 5.45. The Morgan fingerprint density at radius 3 is 2.46 bits per heavy atom. The summed E-state index contributed by atoms with van der Waals surface area (Å²) in [6.45, 7) is 6.63. The van der Waals surface area contributed by atoms with Gasteiger partial charge in [-0.2, -0.15) is 0 Å². The standard InChI is InChI=1S/C22H23BrFNO/c1-3-12-22(18-6-10-20(24)11-7-18)13-14-25(21(26)15-22)16(2)17-4-8-19(23)9-5-17/h3-11,16H,1,12-15H2,2H3/t16-,22?/m0/s1. The Labute approximate surface area is 162 Å². The van der Waals surface area contributed by atoms with Gasteiger partial charge in [0.05, 0.1) is 6.04 Å². The van der Waals surface area contributed by atoms with Crippen LogP contribution >= 0.6 is 15.9 Å². The second-order valence-corrected chi connectivity index (χ2v) is 7.94. The highest BCUT2D eigenvalue weighted by atomic mass is 79.9. The minimum atomic E-state index is -0.289. The molecule has 0 aromatic heterocycles. The Morgan fingerprint density at radius 2 is 1.88 bits per heavy atom. The number of hydrogen-bond donors (Lipinski definition) is 0. The van der Waals surface area contributed by atoms with Gasteiger partial charge >= 0.3 is 0 Å². The van der Waals surface area contributed by atoms with Crippen molar-refractivity contribution in [3.05, 3.63) is 82.6 Å². The van der Waals surface area contributed by atoms with Crippen molar-refractivity contribution in [1.29, 1.82) is 0 Å².